The van der Waals surface area contributed by atoms with E-state index in [0.717, 1.165) is 16.5 Å². The summed E-state index contributed by atoms with van der Waals surface area (Å²) >= 11 is 0. The molecule has 0 fully saturated rings. The number of carbonyl (C=O) groups excluding carboxylic acids is 1. The topological polar surface area (TPSA) is 67.5 Å². The minimum atomic E-state index is -0.359. The van der Waals surface area contributed by atoms with E-state index in [0.29, 0.717) is 11.3 Å². The fourth-order valence-electron chi connectivity index (χ4n) is 2.23. The number of fused-ring (bicyclic) bond motifs is 1. The Morgan fingerprint density at radius 2 is 1.91 bits per heavy atom. The predicted octanol–water partition coefficient (Wildman–Crippen LogP) is 3.29. The summed E-state index contributed by atoms with van der Waals surface area (Å²) in [5, 5.41) is 5.04. The first-order valence-electron chi connectivity index (χ1n) is 6.90. The number of rotatable bonds is 3. The van der Waals surface area contributed by atoms with E-state index in [1.165, 1.54) is 0 Å². The van der Waals surface area contributed by atoms with Crippen molar-refractivity contribution in [1.82, 2.24) is 10.4 Å². The van der Waals surface area contributed by atoms with Crippen LogP contribution in [0.3, 0.4) is 0 Å². The van der Waals surface area contributed by atoms with Gasteiger partial charge < -0.3 is 4.42 Å². The molecule has 0 saturated carbocycles. The minimum absolute atomic E-state index is 0.285. The van der Waals surface area contributed by atoms with Crippen LogP contribution < -0.4 is 5.43 Å². The zero-order chi connectivity index (χ0) is 15.5. The van der Waals surface area contributed by atoms with Crippen LogP contribution in [0, 0.1) is 6.92 Å². The number of hydrogen-bond donors (Lipinski definition) is 1. The van der Waals surface area contributed by atoms with Crippen LogP contribution in [0.15, 0.2) is 58.3 Å². The van der Waals surface area contributed by atoms with Crippen LogP contribution in [0.25, 0.3) is 11.0 Å². The summed E-state index contributed by atoms with van der Waals surface area (Å²) in [6.07, 6.45) is 3.36. The Bertz CT molecular complexity index is 851. The first-order valence-corrected chi connectivity index (χ1v) is 6.90. The number of amides is 1. The van der Waals surface area contributed by atoms with Gasteiger partial charge in [0.1, 0.15) is 5.58 Å². The third-order valence-electron chi connectivity index (χ3n) is 3.47. The molecule has 0 spiro atoms. The molecule has 0 bridgehead atoms. The number of para-hydroxylation sites is 1. The lowest BCUT2D eigenvalue weighted by Gasteiger charge is -2.01. The smallest absolute Gasteiger partial charge is 0.307 e. The molecule has 0 atom stereocenters. The van der Waals surface area contributed by atoms with Gasteiger partial charge in [-0.25, -0.2) is 5.43 Å². The molecule has 5 nitrogen and oxygen atoms in total. The van der Waals surface area contributed by atoms with Crippen LogP contribution in [-0.2, 0) is 0 Å². The van der Waals surface area contributed by atoms with E-state index in [1.807, 2.05) is 50.2 Å². The highest BCUT2D eigenvalue weighted by Gasteiger charge is 2.16. The highest BCUT2D eigenvalue weighted by atomic mass is 16.3. The van der Waals surface area contributed by atoms with Gasteiger partial charge in [0, 0.05) is 28.9 Å². The summed E-state index contributed by atoms with van der Waals surface area (Å²) in [5.74, 6) is -0.0745. The molecule has 1 amide bonds. The van der Waals surface area contributed by atoms with E-state index in [2.05, 4.69) is 15.5 Å². The molecule has 0 saturated heterocycles. The van der Waals surface area contributed by atoms with Crippen molar-refractivity contribution in [1.29, 1.82) is 0 Å². The van der Waals surface area contributed by atoms with Gasteiger partial charge in [0.25, 0.3) is 0 Å². The average molecular weight is 293 g/mol. The van der Waals surface area contributed by atoms with Crippen molar-refractivity contribution in [2.75, 3.05) is 0 Å². The second-order valence-electron chi connectivity index (χ2n) is 4.93. The number of hydrogen-bond acceptors (Lipinski definition) is 4. The molecular weight excluding hydrogens is 278 g/mol. The van der Waals surface area contributed by atoms with Crippen molar-refractivity contribution < 1.29 is 9.21 Å². The Balaban J connectivity index is 1.83. The Morgan fingerprint density at radius 1 is 1.18 bits per heavy atom. The number of aromatic nitrogens is 1. The highest BCUT2D eigenvalue weighted by Crippen LogP contribution is 2.24. The van der Waals surface area contributed by atoms with Crippen LogP contribution in [0.4, 0.5) is 0 Å². The quantitative estimate of drug-likeness (QED) is 0.595. The maximum Gasteiger partial charge on any atom is 0.307 e. The number of pyridine rings is 1. The number of aryl methyl sites for hydroxylation is 1. The van der Waals surface area contributed by atoms with E-state index in [4.69, 9.17) is 4.42 Å². The monoisotopic (exact) mass is 293 g/mol. The molecule has 3 aromatic rings. The number of furan rings is 1. The van der Waals surface area contributed by atoms with Gasteiger partial charge in [-0.3, -0.25) is 9.78 Å². The lowest BCUT2D eigenvalue weighted by Crippen LogP contribution is -2.19. The standard InChI is InChI=1S/C17H15N3O2/c1-11-14-5-3-4-6-15(14)22-16(11)17(21)20-19-12(2)13-7-9-18-10-8-13/h3-10H,1-2H3,(H,20,21)/b19-12-. The second-order valence-corrected chi connectivity index (χ2v) is 4.93. The van der Waals surface area contributed by atoms with Crippen LogP contribution in [0.5, 0.6) is 0 Å². The summed E-state index contributed by atoms with van der Waals surface area (Å²) in [5.41, 5.74) is 5.64. The summed E-state index contributed by atoms with van der Waals surface area (Å²) < 4.78 is 5.61. The van der Waals surface area contributed by atoms with Crippen molar-refractivity contribution in [3.63, 3.8) is 0 Å². The largest absolute Gasteiger partial charge is 0.451 e. The van der Waals surface area contributed by atoms with Crippen LogP contribution in [0.2, 0.25) is 0 Å². The summed E-state index contributed by atoms with van der Waals surface area (Å²) in [6, 6.07) is 11.2. The third kappa shape index (κ3) is 2.61. The average Bonchev–Trinajstić information content (AvgIpc) is 2.90. The Hall–Kier alpha value is -2.95. The Labute approximate surface area is 127 Å². The molecule has 0 aliphatic heterocycles. The number of nitrogens with zero attached hydrogens (tertiary/aromatic N) is 2. The third-order valence-corrected chi connectivity index (χ3v) is 3.47. The van der Waals surface area contributed by atoms with Crippen molar-refractivity contribution in [3.05, 3.63) is 65.7 Å². The van der Waals surface area contributed by atoms with Gasteiger partial charge in [0.05, 0.1) is 5.71 Å². The van der Waals surface area contributed by atoms with E-state index < -0.39 is 0 Å². The molecule has 0 aliphatic carbocycles. The number of carbonyl (C=O) groups is 1. The zero-order valence-electron chi connectivity index (χ0n) is 12.3. The maximum atomic E-state index is 12.2. The van der Waals surface area contributed by atoms with Gasteiger partial charge in [0.15, 0.2) is 5.76 Å². The zero-order valence-corrected chi connectivity index (χ0v) is 12.3. The van der Waals surface area contributed by atoms with Crippen molar-refractivity contribution in [3.8, 4) is 0 Å². The van der Waals surface area contributed by atoms with Gasteiger partial charge in [-0.15, -0.1) is 0 Å². The van der Waals surface area contributed by atoms with Crippen molar-refractivity contribution in [2.24, 2.45) is 5.10 Å². The van der Waals surface area contributed by atoms with E-state index >= 15 is 0 Å². The summed E-state index contributed by atoms with van der Waals surface area (Å²) in [4.78, 5) is 16.2. The molecule has 2 aromatic heterocycles. The normalized spacial score (nSPS) is 11.6. The molecule has 0 radical (unpaired) electrons. The lowest BCUT2D eigenvalue weighted by atomic mass is 10.1. The van der Waals surface area contributed by atoms with Gasteiger partial charge in [-0.05, 0) is 32.0 Å². The predicted molar refractivity (Wildman–Crippen MR) is 84.9 cm³/mol. The molecule has 5 heteroatoms. The van der Waals surface area contributed by atoms with Gasteiger partial charge in [-0.1, -0.05) is 18.2 Å². The van der Waals surface area contributed by atoms with Crippen molar-refractivity contribution in [2.45, 2.75) is 13.8 Å². The van der Waals surface area contributed by atoms with Gasteiger partial charge in [-0.2, -0.15) is 5.10 Å². The SMILES string of the molecule is C/C(=N/NC(=O)c1oc2ccccc2c1C)c1ccncc1. The first-order chi connectivity index (χ1) is 10.7. The fraction of sp³-hybridized carbons (Fsp3) is 0.118. The van der Waals surface area contributed by atoms with Crippen LogP contribution in [0.1, 0.15) is 28.6 Å². The maximum absolute atomic E-state index is 12.2. The molecule has 2 heterocycles. The molecular formula is C17H15N3O2. The first kappa shape index (κ1) is 14.0. The number of nitrogens with one attached hydrogen (secondary N) is 1. The molecule has 3 rings (SSSR count). The van der Waals surface area contributed by atoms with Crippen molar-refractivity contribution >= 4 is 22.6 Å². The van der Waals surface area contributed by atoms with E-state index in [1.54, 1.807) is 12.4 Å². The summed E-state index contributed by atoms with van der Waals surface area (Å²) in [7, 11) is 0. The molecule has 110 valence electrons. The fourth-order valence-corrected chi connectivity index (χ4v) is 2.23. The Kier molecular flexibility index (Phi) is 3.70. The molecule has 1 aromatic carbocycles. The molecule has 1 N–H and O–H groups in total. The Morgan fingerprint density at radius 3 is 2.64 bits per heavy atom. The minimum Gasteiger partial charge on any atom is -0.451 e. The van der Waals surface area contributed by atoms with Crippen LogP contribution >= 0.6 is 0 Å². The number of hydrazone groups is 1. The second kappa shape index (κ2) is 5.81. The van der Waals surface area contributed by atoms with Gasteiger partial charge in [0.2, 0.25) is 0 Å². The molecule has 22 heavy (non-hydrogen) atoms. The number of benzene rings is 1. The molecule has 0 unspecified atom stereocenters. The van der Waals surface area contributed by atoms with E-state index in [-0.39, 0.29) is 11.7 Å². The summed E-state index contributed by atoms with van der Waals surface area (Å²) in [6.45, 7) is 3.68. The lowest BCUT2D eigenvalue weighted by molar-refractivity contribution is 0.0928. The van der Waals surface area contributed by atoms with Crippen LogP contribution in [-0.4, -0.2) is 16.6 Å². The highest BCUT2D eigenvalue weighted by molar-refractivity contribution is 6.02. The van der Waals surface area contributed by atoms with Gasteiger partial charge >= 0.3 is 5.91 Å². The molecule has 0 aliphatic rings. The van der Waals surface area contributed by atoms with E-state index in [9.17, 15) is 4.79 Å².